The lowest BCUT2D eigenvalue weighted by Crippen LogP contribution is -2.35. The fourth-order valence-corrected chi connectivity index (χ4v) is 4.52. The van der Waals surface area contributed by atoms with Gasteiger partial charge in [-0.05, 0) is 43.5 Å². The average Bonchev–Trinajstić information content (AvgIpc) is 2.40. The van der Waals surface area contributed by atoms with Gasteiger partial charge in [0.1, 0.15) is 0 Å². The molecule has 0 radical (unpaired) electrons. The van der Waals surface area contributed by atoms with Crippen molar-refractivity contribution in [3.8, 4) is 0 Å². The Morgan fingerprint density at radius 3 is 2.50 bits per heavy atom. The fourth-order valence-electron chi connectivity index (χ4n) is 2.04. The first kappa shape index (κ1) is 18.0. The van der Waals surface area contributed by atoms with E-state index in [9.17, 15) is 8.42 Å². The number of hydrogen-bond acceptors (Lipinski definition) is 2. The van der Waals surface area contributed by atoms with Crippen LogP contribution in [-0.2, 0) is 15.9 Å². The van der Waals surface area contributed by atoms with Crippen LogP contribution >= 0.6 is 27.5 Å². The molecule has 0 amide bonds. The first-order chi connectivity index (χ1) is 9.25. The Kier molecular flexibility index (Phi) is 6.51. The molecule has 1 aromatic rings. The molecule has 0 saturated carbocycles. The third-order valence-electron chi connectivity index (χ3n) is 3.49. The van der Waals surface area contributed by atoms with Gasteiger partial charge in [0.15, 0.2) is 0 Å². The zero-order valence-electron chi connectivity index (χ0n) is 12.3. The van der Waals surface area contributed by atoms with Gasteiger partial charge in [-0.3, -0.25) is 0 Å². The van der Waals surface area contributed by atoms with Crippen LogP contribution in [0.2, 0.25) is 0 Å². The van der Waals surface area contributed by atoms with Crippen molar-refractivity contribution in [3.63, 3.8) is 0 Å². The molecule has 0 bridgehead atoms. The quantitative estimate of drug-likeness (QED) is 0.688. The van der Waals surface area contributed by atoms with E-state index < -0.39 is 10.0 Å². The van der Waals surface area contributed by atoms with E-state index in [1.165, 1.54) is 4.31 Å². The van der Waals surface area contributed by atoms with Gasteiger partial charge in [-0.15, -0.1) is 11.6 Å². The monoisotopic (exact) mass is 381 g/mol. The highest BCUT2D eigenvalue weighted by atomic mass is 79.9. The van der Waals surface area contributed by atoms with E-state index in [0.717, 1.165) is 28.4 Å². The van der Waals surface area contributed by atoms with Gasteiger partial charge in [-0.25, -0.2) is 8.42 Å². The topological polar surface area (TPSA) is 37.4 Å². The minimum absolute atomic E-state index is 0.0252. The maximum Gasteiger partial charge on any atom is 0.243 e. The second-order valence-corrected chi connectivity index (χ2v) is 8.08. The van der Waals surface area contributed by atoms with Crippen LogP contribution in [0.25, 0.3) is 0 Å². The molecule has 6 heteroatoms. The van der Waals surface area contributed by atoms with Gasteiger partial charge in [0.05, 0.1) is 4.90 Å². The summed E-state index contributed by atoms with van der Waals surface area (Å²) >= 11 is 9.24. The van der Waals surface area contributed by atoms with E-state index in [4.69, 9.17) is 11.6 Å². The summed E-state index contributed by atoms with van der Waals surface area (Å²) in [5.74, 6) is 0.287. The Labute approximate surface area is 135 Å². The van der Waals surface area contributed by atoms with Crippen LogP contribution in [-0.4, -0.2) is 25.8 Å². The van der Waals surface area contributed by atoms with Crippen LogP contribution in [0.4, 0.5) is 0 Å². The molecule has 20 heavy (non-hydrogen) atoms. The Hall–Kier alpha value is -0.100. The molecular formula is C14H21BrClNO2S. The van der Waals surface area contributed by atoms with Crippen LogP contribution in [0.3, 0.4) is 0 Å². The minimum atomic E-state index is -3.50. The Morgan fingerprint density at radius 1 is 1.40 bits per heavy atom. The number of nitrogens with zero attached hydrogens (tertiary/aromatic N) is 1. The van der Waals surface area contributed by atoms with Crippen molar-refractivity contribution in [1.82, 2.24) is 4.31 Å². The number of sulfonamides is 1. The molecule has 0 aliphatic rings. The zero-order valence-corrected chi connectivity index (χ0v) is 15.4. The van der Waals surface area contributed by atoms with Crippen LogP contribution < -0.4 is 0 Å². The van der Waals surface area contributed by atoms with E-state index >= 15 is 0 Å². The average molecular weight is 383 g/mol. The van der Waals surface area contributed by atoms with Crippen LogP contribution in [0, 0.1) is 6.92 Å². The third-order valence-corrected chi connectivity index (χ3v) is 6.73. The van der Waals surface area contributed by atoms with Crippen LogP contribution in [0.1, 0.15) is 37.8 Å². The highest BCUT2D eigenvalue weighted by Gasteiger charge is 2.27. The fraction of sp³-hybridized carbons (Fsp3) is 0.571. The lowest BCUT2D eigenvalue weighted by Gasteiger charge is -2.25. The molecular weight excluding hydrogens is 362 g/mol. The normalized spacial score (nSPS) is 13.8. The van der Waals surface area contributed by atoms with Crippen molar-refractivity contribution in [2.45, 2.75) is 50.4 Å². The lowest BCUT2D eigenvalue weighted by molar-refractivity contribution is 0.368. The van der Waals surface area contributed by atoms with Crippen molar-refractivity contribution >= 4 is 37.6 Å². The molecule has 1 rings (SSSR count). The summed E-state index contributed by atoms with van der Waals surface area (Å²) in [5, 5.41) is 0. The number of alkyl halides is 1. The van der Waals surface area contributed by atoms with E-state index in [1.54, 1.807) is 20.0 Å². The number of halogens is 2. The number of benzene rings is 1. The largest absolute Gasteiger partial charge is 0.243 e. The van der Waals surface area contributed by atoms with Crippen molar-refractivity contribution in [1.29, 1.82) is 0 Å². The maximum absolute atomic E-state index is 12.8. The Morgan fingerprint density at radius 2 is 2.00 bits per heavy atom. The molecule has 0 N–H and O–H groups in total. The van der Waals surface area contributed by atoms with Gasteiger partial charge in [0.25, 0.3) is 0 Å². The molecule has 1 aromatic carbocycles. The third kappa shape index (κ3) is 3.75. The summed E-state index contributed by atoms with van der Waals surface area (Å²) in [6, 6.07) is 3.50. The summed E-state index contributed by atoms with van der Waals surface area (Å²) in [6.45, 7) is 5.77. The summed E-state index contributed by atoms with van der Waals surface area (Å²) in [5.41, 5.74) is 1.51. The molecule has 0 aliphatic heterocycles. The predicted octanol–water partition coefficient (Wildman–Crippen LogP) is 4.31. The van der Waals surface area contributed by atoms with E-state index in [-0.39, 0.29) is 11.9 Å². The van der Waals surface area contributed by atoms with Gasteiger partial charge >= 0.3 is 0 Å². The van der Waals surface area contributed by atoms with E-state index in [2.05, 4.69) is 15.9 Å². The van der Waals surface area contributed by atoms with Gasteiger partial charge in [-0.1, -0.05) is 29.3 Å². The standard InChI is InChI=1S/C14H21BrClNO2S/c1-5-6-10(2)17(4)20(18,19)14-8-12(9-16)7-13(15)11(14)3/h7-8,10H,5-6,9H2,1-4H3. The molecule has 1 atom stereocenters. The van der Waals surface area contributed by atoms with Crippen molar-refractivity contribution in [2.75, 3.05) is 7.05 Å². The number of hydrogen-bond donors (Lipinski definition) is 0. The molecule has 0 heterocycles. The Bertz CT molecular complexity index is 575. The molecule has 0 aromatic heterocycles. The van der Waals surface area contributed by atoms with Crippen molar-refractivity contribution < 1.29 is 8.42 Å². The molecule has 0 spiro atoms. The molecule has 3 nitrogen and oxygen atoms in total. The van der Waals surface area contributed by atoms with Gasteiger partial charge in [0.2, 0.25) is 10.0 Å². The molecule has 0 fully saturated rings. The highest BCUT2D eigenvalue weighted by Crippen LogP contribution is 2.29. The SMILES string of the molecule is CCCC(C)N(C)S(=O)(=O)c1cc(CCl)cc(Br)c1C. The molecule has 0 saturated heterocycles. The second-order valence-electron chi connectivity index (χ2n) is 4.99. The minimum Gasteiger partial charge on any atom is -0.207 e. The Balaban J connectivity index is 3.31. The van der Waals surface area contributed by atoms with Crippen molar-refractivity contribution in [2.24, 2.45) is 0 Å². The van der Waals surface area contributed by atoms with Gasteiger partial charge < -0.3 is 0 Å². The number of rotatable bonds is 6. The second kappa shape index (κ2) is 7.25. The van der Waals surface area contributed by atoms with Crippen molar-refractivity contribution in [3.05, 3.63) is 27.7 Å². The molecule has 114 valence electrons. The summed E-state index contributed by atoms with van der Waals surface area (Å²) < 4.78 is 27.7. The predicted molar refractivity (Wildman–Crippen MR) is 87.8 cm³/mol. The first-order valence-corrected chi connectivity index (χ1v) is 9.35. The van der Waals surface area contributed by atoms with E-state index in [0.29, 0.717) is 4.90 Å². The van der Waals surface area contributed by atoms with Crippen LogP contribution in [0.5, 0.6) is 0 Å². The summed E-state index contributed by atoms with van der Waals surface area (Å²) in [7, 11) is -1.87. The van der Waals surface area contributed by atoms with Gasteiger partial charge in [-0.2, -0.15) is 4.31 Å². The smallest absolute Gasteiger partial charge is 0.207 e. The summed E-state index contributed by atoms with van der Waals surface area (Å²) in [4.78, 5) is 0.327. The maximum atomic E-state index is 12.8. The highest BCUT2D eigenvalue weighted by molar-refractivity contribution is 9.10. The summed E-state index contributed by atoms with van der Waals surface area (Å²) in [6.07, 6.45) is 1.79. The first-order valence-electron chi connectivity index (χ1n) is 6.58. The molecule has 1 unspecified atom stereocenters. The van der Waals surface area contributed by atoms with E-state index in [1.807, 2.05) is 19.9 Å². The van der Waals surface area contributed by atoms with Crippen LogP contribution in [0.15, 0.2) is 21.5 Å². The zero-order chi connectivity index (χ0) is 15.5. The lowest BCUT2D eigenvalue weighted by atomic mass is 10.2. The molecule has 0 aliphatic carbocycles. The van der Waals surface area contributed by atoms with Gasteiger partial charge in [0, 0.05) is 23.4 Å².